The van der Waals surface area contributed by atoms with Crippen LogP contribution < -0.4 is 10.6 Å². The third-order valence-electron chi connectivity index (χ3n) is 6.12. The molecule has 1 saturated heterocycles. The highest BCUT2D eigenvalue weighted by atomic mass is 16.2. The topological polar surface area (TPSA) is 61.4 Å². The van der Waals surface area contributed by atoms with E-state index in [1.165, 1.54) is 38.5 Å². The van der Waals surface area contributed by atoms with E-state index >= 15 is 0 Å². The molecule has 5 nitrogen and oxygen atoms in total. The number of rotatable bonds is 8. The highest BCUT2D eigenvalue weighted by Gasteiger charge is 2.22. The van der Waals surface area contributed by atoms with Crippen LogP contribution in [0.25, 0.3) is 0 Å². The van der Waals surface area contributed by atoms with E-state index in [1.54, 1.807) is 0 Å². The first-order valence-electron chi connectivity index (χ1n) is 11.1. The number of benzene rings is 1. The molecule has 2 N–H and O–H groups in total. The second-order valence-corrected chi connectivity index (χ2v) is 8.43. The van der Waals surface area contributed by atoms with Crippen molar-refractivity contribution in [2.75, 3.05) is 25.0 Å². The molecular formula is C23H35N3O2. The van der Waals surface area contributed by atoms with Gasteiger partial charge < -0.3 is 10.6 Å². The zero-order valence-electron chi connectivity index (χ0n) is 17.0. The maximum Gasteiger partial charge on any atom is 0.238 e. The largest absolute Gasteiger partial charge is 0.353 e. The molecule has 0 bridgehead atoms. The molecule has 154 valence electrons. The van der Waals surface area contributed by atoms with Crippen LogP contribution in [0.5, 0.6) is 0 Å². The minimum atomic E-state index is 0.0244. The van der Waals surface area contributed by atoms with Crippen LogP contribution in [0.3, 0.4) is 0 Å². The molecule has 3 rings (SSSR count). The Morgan fingerprint density at radius 3 is 2.36 bits per heavy atom. The van der Waals surface area contributed by atoms with Crippen LogP contribution in [0.1, 0.15) is 64.2 Å². The van der Waals surface area contributed by atoms with Gasteiger partial charge in [-0.05, 0) is 43.7 Å². The highest BCUT2D eigenvalue weighted by molar-refractivity contribution is 5.92. The monoisotopic (exact) mass is 385 g/mol. The van der Waals surface area contributed by atoms with Crippen molar-refractivity contribution in [2.24, 2.45) is 5.92 Å². The third kappa shape index (κ3) is 7.27. The summed E-state index contributed by atoms with van der Waals surface area (Å²) in [6.07, 6.45) is 11.6. The number of hydrogen-bond acceptors (Lipinski definition) is 3. The number of nitrogens with zero attached hydrogens (tertiary/aromatic N) is 1. The molecule has 0 unspecified atom stereocenters. The Morgan fingerprint density at radius 2 is 1.64 bits per heavy atom. The molecule has 0 atom stereocenters. The van der Waals surface area contributed by atoms with E-state index in [9.17, 15) is 9.59 Å². The maximum atomic E-state index is 12.2. The van der Waals surface area contributed by atoms with Gasteiger partial charge in [0, 0.05) is 31.2 Å². The molecule has 2 aliphatic rings. The molecule has 5 heteroatoms. The van der Waals surface area contributed by atoms with E-state index in [-0.39, 0.29) is 17.9 Å². The van der Waals surface area contributed by atoms with Crippen molar-refractivity contribution in [1.29, 1.82) is 0 Å². The Kier molecular flexibility index (Phi) is 8.34. The van der Waals surface area contributed by atoms with Crippen LogP contribution in [-0.4, -0.2) is 42.4 Å². The Bertz CT molecular complexity index is 606. The summed E-state index contributed by atoms with van der Waals surface area (Å²) in [6, 6.07) is 9.82. The predicted molar refractivity (Wildman–Crippen MR) is 113 cm³/mol. The van der Waals surface area contributed by atoms with Gasteiger partial charge in [-0.2, -0.15) is 0 Å². The summed E-state index contributed by atoms with van der Waals surface area (Å²) in [6.45, 7) is 2.13. The molecule has 0 radical (unpaired) electrons. The summed E-state index contributed by atoms with van der Waals surface area (Å²) in [5, 5.41) is 6.14. The lowest BCUT2D eigenvalue weighted by Gasteiger charge is -2.32. The van der Waals surface area contributed by atoms with Crippen molar-refractivity contribution >= 4 is 17.5 Å². The first kappa shape index (κ1) is 20.8. The molecule has 1 aliphatic heterocycles. The zero-order chi connectivity index (χ0) is 19.6. The van der Waals surface area contributed by atoms with Crippen LogP contribution in [0.15, 0.2) is 30.3 Å². The molecule has 1 heterocycles. The minimum absolute atomic E-state index is 0.0244. The molecule has 1 aromatic carbocycles. The average Bonchev–Trinajstić information content (AvgIpc) is 2.71. The van der Waals surface area contributed by atoms with Gasteiger partial charge in [-0.3, -0.25) is 14.5 Å². The van der Waals surface area contributed by atoms with Gasteiger partial charge in [0.2, 0.25) is 11.8 Å². The summed E-state index contributed by atoms with van der Waals surface area (Å²) in [5.41, 5.74) is 0.836. The molecule has 2 amide bonds. The van der Waals surface area contributed by atoms with Gasteiger partial charge in [0.05, 0.1) is 6.54 Å². The number of likely N-dealkylation sites (tertiary alicyclic amines) is 1. The van der Waals surface area contributed by atoms with Crippen molar-refractivity contribution in [3.05, 3.63) is 30.3 Å². The predicted octanol–water partition coefficient (Wildman–Crippen LogP) is 3.96. The third-order valence-corrected chi connectivity index (χ3v) is 6.12. The van der Waals surface area contributed by atoms with Crippen LogP contribution in [0.2, 0.25) is 0 Å². The molecule has 0 aromatic heterocycles. The molecule has 1 saturated carbocycles. The number of carbonyl (C=O) groups excluding carboxylic acids is 2. The van der Waals surface area contributed by atoms with Crippen LogP contribution >= 0.6 is 0 Å². The molecule has 1 aromatic rings. The smallest absolute Gasteiger partial charge is 0.238 e. The van der Waals surface area contributed by atoms with Gasteiger partial charge in [0.1, 0.15) is 0 Å². The second kappa shape index (κ2) is 11.2. The lowest BCUT2D eigenvalue weighted by Crippen LogP contribution is -2.46. The van der Waals surface area contributed by atoms with Crippen LogP contribution in [-0.2, 0) is 9.59 Å². The summed E-state index contributed by atoms with van der Waals surface area (Å²) < 4.78 is 0. The van der Waals surface area contributed by atoms with Gasteiger partial charge >= 0.3 is 0 Å². The van der Waals surface area contributed by atoms with Crippen LogP contribution in [0, 0.1) is 5.92 Å². The minimum Gasteiger partial charge on any atom is -0.353 e. The lowest BCUT2D eigenvalue weighted by molar-refractivity contribution is -0.122. The fraction of sp³-hybridized carbons (Fsp3) is 0.652. The summed E-state index contributed by atoms with van der Waals surface area (Å²) in [7, 11) is 0. The molecular weight excluding hydrogens is 350 g/mol. The van der Waals surface area contributed by atoms with E-state index in [0.29, 0.717) is 13.0 Å². The van der Waals surface area contributed by atoms with E-state index in [0.717, 1.165) is 44.0 Å². The molecule has 0 spiro atoms. The Balaban J connectivity index is 1.27. The van der Waals surface area contributed by atoms with Gasteiger partial charge in [0.25, 0.3) is 0 Å². The van der Waals surface area contributed by atoms with E-state index in [1.807, 2.05) is 30.3 Å². The summed E-state index contributed by atoms with van der Waals surface area (Å²) >= 11 is 0. The van der Waals surface area contributed by atoms with Gasteiger partial charge in [-0.25, -0.2) is 0 Å². The first-order valence-corrected chi connectivity index (χ1v) is 11.1. The lowest BCUT2D eigenvalue weighted by atomic mass is 9.86. The maximum absolute atomic E-state index is 12.2. The molecule has 28 heavy (non-hydrogen) atoms. The van der Waals surface area contributed by atoms with Crippen molar-refractivity contribution in [3.63, 3.8) is 0 Å². The summed E-state index contributed by atoms with van der Waals surface area (Å²) in [4.78, 5) is 26.6. The summed E-state index contributed by atoms with van der Waals surface area (Å²) in [5.74, 6) is 1.08. The standard InChI is InChI=1S/C23H35N3O2/c27-22(13-7-10-19-8-3-1-4-9-19)24-21-14-16-26(17-15-21)18-23(28)25-20-11-5-2-6-12-20/h2,5-6,11-12,19,21H,1,3-4,7-10,13-18H2,(H,24,27)(H,25,28). The van der Waals surface area contributed by atoms with E-state index < -0.39 is 0 Å². The fourth-order valence-corrected chi connectivity index (χ4v) is 4.49. The number of hydrogen-bond donors (Lipinski definition) is 2. The Labute approximate surface area is 169 Å². The van der Waals surface area contributed by atoms with Crippen molar-refractivity contribution in [3.8, 4) is 0 Å². The normalized spacial score (nSPS) is 19.3. The van der Waals surface area contributed by atoms with Crippen LogP contribution in [0.4, 0.5) is 5.69 Å². The molecule has 2 fully saturated rings. The second-order valence-electron chi connectivity index (χ2n) is 8.43. The number of nitrogens with one attached hydrogen (secondary N) is 2. The number of anilines is 1. The van der Waals surface area contributed by atoms with Gasteiger partial charge in [0.15, 0.2) is 0 Å². The first-order chi connectivity index (χ1) is 13.7. The number of piperidine rings is 1. The van der Waals surface area contributed by atoms with E-state index in [4.69, 9.17) is 0 Å². The average molecular weight is 386 g/mol. The van der Waals surface area contributed by atoms with Gasteiger partial charge in [-0.15, -0.1) is 0 Å². The zero-order valence-corrected chi connectivity index (χ0v) is 17.0. The Morgan fingerprint density at radius 1 is 0.929 bits per heavy atom. The van der Waals surface area contributed by atoms with Crippen molar-refractivity contribution in [2.45, 2.75) is 70.3 Å². The fourth-order valence-electron chi connectivity index (χ4n) is 4.49. The van der Waals surface area contributed by atoms with E-state index in [2.05, 4.69) is 15.5 Å². The highest BCUT2D eigenvalue weighted by Crippen LogP contribution is 2.27. The van der Waals surface area contributed by atoms with Gasteiger partial charge in [-0.1, -0.05) is 50.3 Å². The Hall–Kier alpha value is -1.88. The SMILES string of the molecule is O=C(CN1CCC(NC(=O)CCCC2CCCCC2)CC1)Nc1ccccc1. The number of para-hydroxylation sites is 1. The van der Waals surface area contributed by atoms with Crippen molar-refractivity contribution in [1.82, 2.24) is 10.2 Å². The number of carbonyl (C=O) groups is 2. The molecule has 1 aliphatic carbocycles. The number of amides is 2. The van der Waals surface area contributed by atoms with Crippen molar-refractivity contribution < 1.29 is 9.59 Å². The quantitative estimate of drug-likeness (QED) is 0.712.